The lowest BCUT2D eigenvalue weighted by Gasteiger charge is -2.03. The number of sulfonamides is 1. The normalized spacial score (nSPS) is 10.8. The molecule has 0 bridgehead atoms. The minimum atomic E-state index is -3.69. The summed E-state index contributed by atoms with van der Waals surface area (Å²) >= 11 is 5.93. The Labute approximate surface area is 127 Å². The van der Waals surface area contributed by atoms with Crippen LogP contribution in [0.4, 0.5) is 4.39 Å². The van der Waals surface area contributed by atoms with Crippen LogP contribution in [0.1, 0.15) is 5.56 Å². The van der Waals surface area contributed by atoms with Gasteiger partial charge >= 0.3 is 0 Å². The van der Waals surface area contributed by atoms with E-state index in [1.807, 2.05) is 0 Å². The van der Waals surface area contributed by atoms with Crippen molar-refractivity contribution in [1.82, 2.24) is 4.72 Å². The van der Waals surface area contributed by atoms with Gasteiger partial charge in [-0.05, 0) is 36.4 Å². The van der Waals surface area contributed by atoms with Crippen LogP contribution in [-0.2, 0) is 10.0 Å². The lowest BCUT2D eigenvalue weighted by molar-refractivity contribution is 0.585. The minimum absolute atomic E-state index is 0.0107. The molecule has 0 aliphatic carbocycles. The topological polar surface area (TPSA) is 46.2 Å². The number of hydrogen-bond acceptors (Lipinski definition) is 2. The van der Waals surface area contributed by atoms with E-state index in [0.717, 1.165) is 12.1 Å². The second-order valence-electron chi connectivity index (χ2n) is 4.06. The van der Waals surface area contributed by atoms with E-state index in [1.165, 1.54) is 12.1 Å². The highest BCUT2D eigenvalue weighted by Gasteiger charge is 2.12. The second-order valence-corrected chi connectivity index (χ2v) is 6.23. The highest BCUT2D eigenvalue weighted by atomic mass is 35.5. The van der Waals surface area contributed by atoms with Crippen LogP contribution >= 0.6 is 11.6 Å². The van der Waals surface area contributed by atoms with Crippen molar-refractivity contribution in [3.8, 4) is 11.8 Å². The monoisotopic (exact) mass is 323 g/mol. The average Bonchev–Trinajstić information content (AvgIpc) is 2.46. The van der Waals surface area contributed by atoms with Crippen LogP contribution in [0.15, 0.2) is 53.4 Å². The molecule has 0 aliphatic heterocycles. The number of benzene rings is 2. The van der Waals surface area contributed by atoms with E-state index in [-0.39, 0.29) is 11.4 Å². The molecule has 0 spiro atoms. The van der Waals surface area contributed by atoms with Crippen molar-refractivity contribution in [1.29, 1.82) is 0 Å². The predicted octanol–water partition coefficient (Wildman–Crippen LogP) is 2.81. The Morgan fingerprint density at radius 2 is 1.76 bits per heavy atom. The van der Waals surface area contributed by atoms with Gasteiger partial charge in [-0.1, -0.05) is 35.6 Å². The quantitative estimate of drug-likeness (QED) is 0.883. The van der Waals surface area contributed by atoms with Crippen molar-refractivity contribution in [3.63, 3.8) is 0 Å². The first-order valence-electron chi connectivity index (χ1n) is 5.98. The minimum Gasteiger partial charge on any atom is -0.207 e. The van der Waals surface area contributed by atoms with Crippen LogP contribution in [0.5, 0.6) is 0 Å². The average molecular weight is 324 g/mol. The number of nitrogens with one attached hydrogen (secondary N) is 1. The fourth-order valence-electron chi connectivity index (χ4n) is 1.53. The lowest BCUT2D eigenvalue weighted by atomic mass is 10.2. The zero-order chi connectivity index (χ0) is 15.3. The Morgan fingerprint density at radius 3 is 2.43 bits per heavy atom. The SMILES string of the molecule is O=S(=O)(NCC#Cc1ccccc1Cl)c1ccc(F)cc1. The van der Waals surface area contributed by atoms with Crippen LogP contribution in [0, 0.1) is 17.7 Å². The molecule has 3 nitrogen and oxygen atoms in total. The van der Waals surface area contributed by atoms with Gasteiger partial charge in [0.05, 0.1) is 16.5 Å². The summed E-state index contributed by atoms with van der Waals surface area (Å²) in [6.07, 6.45) is 0. The van der Waals surface area contributed by atoms with E-state index in [1.54, 1.807) is 24.3 Å². The standard InChI is InChI=1S/C15H11ClFNO2S/c16-15-6-2-1-4-12(15)5-3-11-18-21(19,20)14-9-7-13(17)8-10-14/h1-2,4,6-10,18H,11H2. The summed E-state index contributed by atoms with van der Waals surface area (Å²) in [6.45, 7) is -0.0646. The third-order valence-electron chi connectivity index (χ3n) is 2.57. The summed E-state index contributed by atoms with van der Waals surface area (Å²) in [5, 5.41) is 0.506. The second kappa shape index (κ2) is 6.72. The fourth-order valence-corrected chi connectivity index (χ4v) is 2.64. The van der Waals surface area contributed by atoms with Gasteiger partial charge in [0.25, 0.3) is 0 Å². The number of hydrogen-bond donors (Lipinski definition) is 1. The molecule has 0 heterocycles. The molecule has 2 rings (SSSR count). The molecule has 2 aromatic carbocycles. The summed E-state index contributed by atoms with van der Waals surface area (Å²) < 4.78 is 38.9. The van der Waals surface area contributed by atoms with Crippen LogP contribution in [0.3, 0.4) is 0 Å². The van der Waals surface area contributed by atoms with Gasteiger partial charge in [-0.3, -0.25) is 0 Å². The van der Waals surface area contributed by atoms with E-state index >= 15 is 0 Å². The summed E-state index contributed by atoms with van der Waals surface area (Å²) in [5.41, 5.74) is 0.625. The van der Waals surface area contributed by atoms with E-state index in [4.69, 9.17) is 11.6 Å². The molecule has 21 heavy (non-hydrogen) atoms. The molecule has 1 N–H and O–H groups in total. The molecule has 108 valence electrons. The van der Waals surface area contributed by atoms with E-state index < -0.39 is 15.8 Å². The van der Waals surface area contributed by atoms with Crippen LogP contribution < -0.4 is 4.72 Å². The third kappa shape index (κ3) is 4.30. The maximum absolute atomic E-state index is 12.8. The molecule has 0 aromatic heterocycles. The van der Waals surface area contributed by atoms with Gasteiger partial charge in [0.15, 0.2) is 0 Å². The van der Waals surface area contributed by atoms with Crippen LogP contribution in [0.2, 0.25) is 5.02 Å². The Balaban J connectivity index is 2.04. The van der Waals surface area contributed by atoms with Gasteiger partial charge < -0.3 is 0 Å². The Hall–Kier alpha value is -1.87. The summed E-state index contributed by atoms with van der Waals surface area (Å²) in [5.74, 6) is 4.97. The molecule has 6 heteroatoms. The molecule has 0 amide bonds. The summed E-state index contributed by atoms with van der Waals surface area (Å²) in [6, 6.07) is 11.6. The van der Waals surface area contributed by atoms with Gasteiger partial charge in [0.1, 0.15) is 5.82 Å². The first-order chi connectivity index (χ1) is 9.99. The smallest absolute Gasteiger partial charge is 0.207 e. The maximum Gasteiger partial charge on any atom is 0.241 e. The van der Waals surface area contributed by atoms with Crippen LogP contribution in [0.25, 0.3) is 0 Å². The molecule has 0 unspecified atom stereocenters. The maximum atomic E-state index is 12.8. The molecule has 0 saturated carbocycles. The molecule has 0 atom stereocenters. The molecular formula is C15H11ClFNO2S. The molecule has 0 radical (unpaired) electrons. The highest BCUT2D eigenvalue weighted by Crippen LogP contribution is 2.13. The molecule has 0 saturated heterocycles. The van der Waals surface area contributed by atoms with Crippen molar-refractivity contribution < 1.29 is 12.8 Å². The largest absolute Gasteiger partial charge is 0.241 e. The van der Waals surface area contributed by atoms with Crippen molar-refractivity contribution >= 4 is 21.6 Å². The van der Waals surface area contributed by atoms with Crippen molar-refractivity contribution in [2.45, 2.75) is 4.90 Å². The third-order valence-corrected chi connectivity index (χ3v) is 4.32. The van der Waals surface area contributed by atoms with Crippen molar-refractivity contribution in [2.75, 3.05) is 6.54 Å². The molecular weight excluding hydrogens is 313 g/mol. The number of halogens is 2. The highest BCUT2D eigenvalue weighted by molar-refractivity contribution is 7.89. The number of rotatable bonds is 3. The van der Waals surface area contributed by atoms with Crippen molar-refractivity contribution in [2.24, 2.45) is 0 Å². The van der Waals surface area contributed by atoms with E-state index in [9.17, 15) is 12.8 Å². The summed E-state index contributed by atoms with van der Waals surface area (Å²) in [4.78, 5) is -0.0107. The molecule has 0 aliphatic rings. The predicted molar refractivity (Wildman–Crippen MR) is 79.9 cm³/mol. The lowest BCUT2D eigenvalue weighted by Crippen LogP contribution is -2.23. The molecule has 2 aromatic rings. The Morgan fingerprint density at radius 1 is 1.10 bits per heavy atom. The van der Waals surface area contributed by atoms with Crippen molar-refractivity contribution in [3.05, 3.63) is 64.9 Å². The van der Waals surface area contributed by atoms with Gasteiger partial charge in [0, 0.05) is 5.56 Å². The summed E-state index contributed by atoms with van der Waals surface area (Å²) in [7, 11) is -3.69. The molecule has 0 fully saturated rings. The first kappa shape index (κ1) is 15.5. The zero-order valence-electron chi connectivity index (χ0n) is 10.8. The Kier molecular flexibility index (Phi) is 4.97. The zero-order valence-corrected chi connectivity index (χ0v) is 12.4. The van der Waals surface area contributed by atoms with Gasteiger partial charge in [-0.2, -0.15) is 4.72 Å². The van der Waals surface area contributed by atoms with Crippen LogP contribution in [-0.4, -0.2) is 15.0 Å². The van der Waals surface area contributed by atoms with Gasteiger partial charge in [0.2, 0.25) is 10.0 Å². The van der Waals surface area contributed by atoms with E-state index in [2.05, 4.69) is 16.6 Å². The van der Waals surface area contributed by atoms with E-state index in [0.29, 0.717) is 10.6 Å². The van der Waals surface area contributed by atoms with Gasteiger partial charge in [-0.15, -0.1) is 0 Å². The Bertz CT molecular complexity index is 792. The van der Waals surface area contributed by atoms with Gasteiger partial charge in [-0.25, -0.2) is 12.8 Å². The fraction of sp³-hybridized carbons (Fsp3) is 0.0667. The first-order valence-corrected chi connectivity index (χ1v) is 7.84.